The molecule has 0 saturated carbocycles. The molecular formula is C25H30N2O5. The minimum Gasteiger partial charge on any atom is -0.480 e. The van der Waals surface area contributed by atoms with Crippen LogP contribution in [0, 0.1) is 5.92 Å². The second-order valence-corrected chi connectivity index (χ2v) is 8.24. The molecular weight excluding hydrogens is 408 g/mol. The molecule has 0 aliphatic heterocycles. The van der Waals surface area contributed by atoms with Crippen molar-refractivity contribution in [2.24, 2.45) is 5.92 Å². The molecule has 32 heavy (non-hydrogen) atoms. The van der Waals surface area contributed by atoms with Crippen molar-refractivity contribution in [2.45, 2.75) is 51.6 Å². The number of alkyl carbamates (subject to hydrolysis) is 1. The van der Waals surface area contributed by atoms with E-state index in [1.54, 1.807) is 13.8 Å². The Bertz CT molecular complexity index is 944. The van der Waals surface area contributed by atoms with Crippen LogP contribution in [0.25, 0.3) is 11.1 Å². The largest absolute Gasteiger partial charge is 0.480 e. The molecule has 3 rings (SSSR count). The summed E-state index contributed by atoms with van der Waals surface area (Å²) in [4.78, 5) is 36.1. The molecule has 170 valence electrons. The van der Waals surface area contributed by atoms with E-state index < -0.39 is 36.0 Å². The maximum absolute atomic E-state index is 12.4. The number of carboxylic acid groups (broad SMARTS) is 1. The third kappa shape index (κ3) is 5.10. The SMILES string of the molecule is CCCC(NC(=O)C(C)C(C)NC(=O)OCC1c2ccccc2-c2ccccc21)C(=O)O. The van der Waals surface area contributed by atoms with Crippen molar-refractivity contribution in [3.05, 3.63) is 59.7 Å². The number of carboxylic acids is 1. The summed E-state index contributed by atoms with van der Waals surface area (Å²) in [6.07, 6.45) is 0.378. The van der Waals surface area contributed by atoms with E-state index >= 15 is 0 Å². The first-order valence-corrected chi connectivity index (χ1v) is 11.0. The van der Waals surface area contributed by atoms with E-state index in [4.69, 9.17) is 4.74 Å². The quantitative estimate of drug-likeness (QED) is 0.550. The molecule has 0 heterocycles. The molecule has 0 bridgehead atoms. The highest BCUT2D eigenvalue weighted by Gasteiger charge is 2.30. The van der Waals surface area contributed by atoms with Gasteiger partial charge >= 0.3 is 12.1 Å². The summed E-state index contributed by atoms with van der Waals surface area (Å²) in [5.41, 5.74) is 4.54. The molecule has 3 N–H and O–H groups in total. The van der Waals surface area contributed by atoms with Crippen LogP contribution in [0.15, 0.2) is 48.5 Å². The predicted octanol–water partition coefficient (Wildman–Crippen LogP) is 3.92. The number of rotatable bonds is 9. The Hall–Kier alpha value is -3.35. The Balaban J connectivity index is 1.57. The van der Waals surface area contributed by atoms with Crippen LogP contribution in [0.3, 0.4) is 0 Å². The minimum atomic E-state index is -1.07. The number of nitrogens with one attached hydrogen (secondary N) is 2. The molecule has 2 aromatic rings. The molecule has 0 fully saturated rings. The molecule has 2 amide bonds. The maximum atomic E-state index is 12.4. The highest BCUT2D eigenvalue weighted by atomic mass is 16.5. The first-order chi connectivity index (χ1) is 15.3. The van der Waals surface area contributed by atoms with Crippen LogP contribution >= 0.6 is 0 Å². The number of carbonyl (C=O) groups excluding carboxylic acids is 2. The summed E-state index contributed by atoms with van der Waals surface area (Å²) < 4.78 is 5.52. The number of fused-ring (bicyclic) bond motifs is 3. The van der Waals surface area contributed by atoms with Gasteiger partial charge in [-0.15, -0.1) is 0 Å². The standard InChI is InChI=1S/C25H30N2O5/c1-4-9-22(24(29)30)27-23(28)15(2)16(3)26-25(31)32-14-21-19-12-7-5-10-17(19)18-11-6-8-13-20(18)21/h5-8,10-13,15-16,21-22H,4,9,14H2,1-3H3,(H,26,31)(H,27,28)(H,29,30). The number of amides is 2. The second kappa shape index (κ2) is 10.3. The van der Waals surface area contributed by atoms with E-state index in [-0.39, 0.29) is 12.5 Å². The summed E-state index contributed by atoms with van der Waals surface area (Å²) in [6.45, 7) is 5.38. The van der Waals surface area contributed by atoms with Gasteiger partial charge < -0.3 is 20.5 Å². The van der Waals surface area contributed by atoms with Crippen molar-refractivity contribution < 1.29 is 24.2 Å². The van der Waals surface area contributed by atoms with E-state index in [0.29, 0.717) is 12.8 Å². The van der Waals surface area contributed by atoms with Gasteiger partial charge in [0, 0.05) is 12.0 Å². The van der Waals surface area contributed by atoms with Gasteiger partial charge in [-0.3, -0.25) is 4.79 Å². The van der Waals surface area contributed by atoms with Crippen molar-refractivity contribution in [3.63, 3.8) is 0 Å². The zero-order valence-corrected chi connectivity index (χ0v) is 18.6. The van der Waals surface area contributed by atoms with Gasteiger partial charge in [0.05, 0.1) is 5.92 Å². The monoisotopic (exact) mass is 438 g/mol. The van der Waals surface area contributed by atoms with Crippen molar-refractivity contribution >= 4 is 18.0 Å². The topological polar surface area (TPSA) is 105 Å². The number of carbonyl (C=O) groups is 3. The van der Waals surface area contributed by atoms with Crippen molar-refractivity contribution in [3.8, 4) is 11.1 Å². The summed E-state index contributed by atoms with van der Waals surface area (Å²) in [5.74, 6) is -2.15. The third-order valence-corrected chi connectivity index (χ3v) is 6.04. The summed E-state index contributed by atoms with van der Waals surface area (Å²) in [7, 11) is 0. The summed E-state index contributed by atoms with van der Waals surface area (Å²) in [6, 6.07) is 14.7. The molecule has 1 aliphatic carbocycles. The third-order valence-electron chi connectivity index (χ3n) is 6.04. The summed E-state index contributed by atoms with van der Waals surface area (Å²) in [5, 5.41) is 14.5. The Morgan fingerprint density at radius 2 is 1.53 bits per heavy atom. The minimum absolute atomic E-state index is 0.0467. The Morgan fingerprint density at radius 3 is 2.06 bits per heavy atom. The van der Waals surface area contributed by atoms with Gasteiger partial charge in [-0.25, -0.2) is 9.59 Å². The fourth-order valence-corrected chi connectivity index (χ4v) is 4.03. The van der Waals surface area contributed by atoms with Gasteiger partial charge in [0.1, 0.15) is 12.6 Å². The van der Waals surface area contributed by atoms with Crippen LogP contribution in [0.2, 0.25) is 0 Å². The average Bonchev–Trinajstić information content (AvgIpc) is 3.10. The zero-order valence-electron chi connectivity index (χ0n) is 18.6. The Morgan fingerprint density at radius 1 is 0.969 bits per heavy atom. The van der Waals surface area contributed by atoms with Gasteiger partial charge in [-0.05, 0) is 35.6 Å². The van der Waals surface area contributed by atoms with Crippen LogP contribution in [0.4, 0.5) is 4.79 Å². The Labute approximate surface area is 188 Å². The lowest BCUT2D eigenvalue weighted by molar-refractivity contribution is -0.142. The van der Waals surface area contributed by atoms with Gasteiger partial charge in [0.2, 0.25) is 5.91 Å². The molecule has 3 unspecified atom stereocenters. The zero-order chi connectivity index (χ0) is 23.3. The fraction of sp³-hybridized carbons (Fsp3) is 0.400. The van der Waals surface area contributed by atoms with E-state index in [0.717, 1.165) is 22.3 Å². The van der Waals surface area contributed by atoms with E-state index in [1.165, 1.54) is 0 Å². The van der Waals surface area contributed by atoms with Crippen LogP contribution in [-0.2, 0) is 14.3 Å². The highest BCUT2D eigenvalue weighted by molar-refractivity contribution is 5.85. The number of hydrogen-bond acceptors (Lipinski definition) is 4. The van der Waals surface area contributed by atoms with Crippen LogP contribution in [0.5, 0.6) is 0 Å². The first-order valence-electron chi connectivity index (χ1n) is 11.0. The smallest absolute Gasteiger partial charge is 0.407 e. The lowest BCUT2D eigenvalue weighted by atomic mass is 9.98. The number of benzene rings is 2. The lowest BCUT2D eigenvalue weighted by Crippen LogP contribution is -2.48. The Kier molecular flexibility index (Phi) is 7.51. The van der Waals surface area contributed by atoms with E-state index in [2.05, 4.69) is 22.8 Å². The predicted molar refractivity (Wildman–Crippen MR) is 121 cm³/mol. The molecule has 7 heteroatoms. The number of hydrogen-bond donors (Lipinski definition) is 3. The number of ether oxygens (including phenoxy) is 1. The number of aliphatic carboxylic acids is 1. The van der Waals surface area contributed by atoms with Crippen LogP contribution in [-0.4, -0.2) is 41.8 Å². The van der Waals surface area contributed by atoms with Gasteiger partial charge in [0.15, 0.2) is 0 Å². The molecule has 3 atom stereocenters. The normalized spacial score (nSPS) is 15.1. The molecule has 1 aliphatic rings. The molecule has 2 aromatic carbocycles. The average molecular weight is 439 g/mol. The van der Waals surface area contributed by atoms with Crippen molar-refractivity contribution in [1.82, 2.24) is 10.6 Å². The molecule has 0 aromatic heterocycles. The first kappa shape index (κ1) is 23.3. The second-order valence-electron chi connectivity index (χ2n) is 8.24. The van der Waals surface area contributed by atoms with E-state index in [9.17, 15) is 19.5 Å². The lowest BCUT2D eigenvalue weighted by Gasteiger charge is -2.23. The fourth-order valence-electron chi connectivity index (χ4n) is 4.03. The van der Waals surface area contributed by atoms with E-state index in [1.807, 2.05) is 43.3 Å². The molecule has 0 saturated heterocycles. The summed E-state index contributed by atoms with van der Waals surface area (Å²) >= 11 is 0. The van der Waals surface area contributed by atoms with Crippen LogP contribution < -0.4 is 10.6 Å². The van der Waals surface area contributed by atoms with Crippen LogP contribution in [0.1, 0.15) is 50.7 Å². The molecule has 7 nitrogen and oxygen atoms in total. The van der Waals surface area contributed by atoms with Gasteiger partial charge in [0.25, 0.3) is 0 Å². The maximum Gasteiger partial charge on any atom is 0.407 e. The van der Waals surface area contributed by atoms with Crippen molar-refractivity contribution in [1.29, 1.82) is 0 Å². The van der Waals surface area contributed by atoms with Gasteiger partial charge in [-0.1, -0.05) is 68.8 Å². The highest BCUT2D eigenvalue weighted by Crippen LogP contribution is 2.44. The molecule has 0 spiro atoms. The van der Waals surface area contributed by atoms with Crippen molar-refractivity contribution in [2.75, 3.05) is 6.61 Å². The van der Waals surface area contributed by atoms with Gasteiger partial charge in [-0.2, -0.15) is 0 Å². The molecule has 0 radical (unpaired) electrons.